The van der Waals surface area contributed by atoms with Crippen molar-refractivity contribution >= 4 is 12.1 Å². The summed E-state index contributed by atoms with van der Waals surface area (Å²) in [5, 5.41) is 2.66. The number of amides is 1. The highest BCUT2D eigenvalue weighted by molar-refractivity contribution is 5.70. The molecule has 16 heteroatoms. The van der Waals surface area contributed by atoms with E-state index in [0.717, 1.165) is 16.7 Å². The van der Waals surface area contributed by atoms with Crippen molar-refractivity contribution in [2.75, 3.05) is 20.3 Å². The minimum atomic E-state index is -5.02. The number of nitrogens with zero attached hydrogens (tertiary/aromatic N) is 2. The third kappa shape index (κ3) is 10.5. The van der Waals surface area contributed by atoms with E-state index in [-0.39, 0.29) is 53.9 Å². The van der Waals surface area contributed by atoms with Gasteiger partial charge in [0.15, 0.2) is 11.6 Å². The number of carbonyl (C=O) groups excluding carboxylic acids is 2. The Kier molecular flexibility index (Phi) is 14.1. The number of rotatable bonds is 15. The number of nitrogens with one attached hydrogen (secondary N) is 1. The van der Waals surface area contributed by atoms with Crippen molar-refractivity contribution in [2.24, 2.45) is 0 Å². The Balaban J connectivity index is 1.92. The number of para-hydroxylation sites is 1. The summed E-state index contributed by atoms with van der Waals surface area (Å²) in [4.78, 5) is 53.9. The van der Waals surface area contributed by atoms with Crippen LogP contribution in [0.2, 0.25) is 0 Å². The highest BCUT2D eigenvalue weighted by Gasteiger charge is 2.35. The molecular formula is C40H44F5N3O8. The van der Waals surface area contributed by atoms with Crippen LogP contribution < -0.4 is 26.0 Å². The van der Waals surface area contributed by atoms with E-state index in [1.54, 1.807) is 52.0 Å². The van der Waals surface area contributed by atoms with Crippen LogP contribution in [-0.2, 0) is 33.5 Å². The molecule has 3 aromatic carbocycles. The fourth-order valence-electron chi connectivity index (χ4n) is 6.00. The molecule has 0 spiro atoms. The van der Waals surface area contributed by atoms with Crippen molar-refractivity contribution in [3.63, 3.8) is 0 Å². The average molecular weight is 790 g/mol. The molecule has 1 heterocycles. The van der Waals surface area contributed by atoms with Gasteiger partial charge in [-0.25, -0.2) is 18.4 Å². The van der Waals surface area contributed by atoms with Gasteiger partial charge in [-0.15, -0.1) is 0 Å². The molecule has 0 bridgehead atoms. The van der Waals surface area contributed by atoms with E-state index < -0.39 is 76.6 Å². The molecule has 1 aromatic heterocycles. The first-order valence-corrected chi connectivity index (χ1v) is 17.8. The van der Waals surface area contributed by atoms with Gasteiger partial charge in [-0.1, -0.05) is 36.4 Å². The molecule has 1 unspecified atom stereocenters. The van der Waals surface area contributed by atoms with Crippen molar-refractivity contribution in [1.82, 2.24) is 14.5 Å². The Labute approximate surface area is 320 Å². The Morgan fingerprint density at radius 1 is 0.893 bits per heavy atom. The molecular weight excluding hydrogens is 745 g/mol. The molecule has 4 rings (SSSR count). The van der Waals surface area contributed by atoms with Gasteiger partial charge in [0.05, 0.1) is 50.6 Å². The van der Waals surface area contributed by atoms with Gasteiger partial charge in [0.1, 0.15) is 17.2 Å². The van der Waals surface area contributed by atoms with Crippen molar-refractivity contribution in [2.45, 2.75) is 84.8 Å². The molecule has 0 aliphatic carbocycles. The van der Waals surface area contributed by atoms with Crippen LogP contribution in [0.4, 0.5) is 26.7 Å². The maximum Gasteiger partial charge on any atom is 0.416 e. The number of hydrogen-bond donors (Lipinski definition) is 1. The quantitative estimate of drug-likeness (QED) is 0.0738. The maximum absolute atomic E-state index is 15.9. The third-order valence-electron chi connectivity index (χ3n) is 8.57. The second kappa shape index (κ2) is 18.3. The first kappa shape index (κ1) is 43.1. The van der Waals surface area contributed by atoms with Gasteiger partial charge in [-0.05, 0) is 71.7 Å². The molecule has 0 radical (unpaired) electrons. The standard InChI is InChI=1S/C40H44F5N3O8/c1-7-54-33(49)20-10-11-21-55-31-18-9-8-14-25(31)30(46-37(51)56-39(3,4)5)23-48-36(50)34(26-15-12-19-32(53-6)35(26)42)24(2)47(38(48)52)22-27-28(40(43,44)45)16-13-17-29(27)41/h8-9,12-19,30H,7,10-11,20-23H2,1-6H3,(H,46,51). The Morgan fingerprint density at radius 2 is 1.57 bits per heavy atom. The van der Waals surface area contributed by atoms with Crippen LogP contribution in [0.5, 0.6) is 11.5 Å². The summed E-state index contributed by atoms with van der Waals surface area (Å²) >= 11 is 0. The molecule has 1 atom stereocenters. The SMILES string of the molecule is CCOC(=O)CCCCOc1ccccc1C(Cn1c(=O)c(-c2cccc(OC)c2F)c(C)n(Cc2c(F)cccc2C(F)(F)F)c1=O)NC(=O)OC(C)(C)C. The molecule has 1 amide bonds. The van der Waals surface area contributed by atoms with Gasteiger partial charge >= 0.3 is 23.9 Å². The summed E-state index contributed by atoms with van der Waals surface area (Å²) in [6.07, 6.45) is -4.92. The van der Waals surface area contributed by atoms with E-state index in [2.05, 4.69) is 5.32 Å². The van der Waals surface area contributed by atoms with Crippen molar-refractivity contribution in [3.8, 4) is 22.6 Å². The van der Waals surface area contributed by atoms with Crippen LogP contribution in [0, 0.1) is 18.6 Å². The Morgan fingerprint density at radius 3 is 2.23 bits per heavy atom. The van der Waals surface area contributed by atoms with E-state index in [9.17, 15) is 32.3 Å². The molecule has 0 saturated heterocycles. The summed E-state index contributed by atoms with van der Waals surface area (Å²) in [6, 6.07) is 11.3. The number of alkyl halides is 3. The number of alkyl carbamates (subject to hydrolysis) is 1. The summed E-state index contributed by atoms with van der Waals surface area (Å²) in [5.74, 6) is -2.67. The monoisotopic (exact) mass is 789 g/mol. The molecule has 4 aromatic rings. The van der Waals surface area contributed by atoms with Crippen molar-refractivity contribution < 1.29 is 50.5 Å². The van der Waals surface area contributed by atoms with Crippen LogP contribution in [0.25, 0.3) is 11.1 Å². The minimum Gasteiger partial charge on any atom is -0.494 e. The molecule has 56 heavy (non-hydrogen) atoms. The average Bonchev–Trinajstić information content (AvgIpc) is 3.11. The van der Waals surface area contributed by atoms with Crippen LogP contribution in [-0.4, -0.2) is 47.1 Å². The maximum atomic E-state index is 15.9. The number of aromatic nitrogens is 2. The predicted molar refractivity (Wildman–Crippen MR) is 197 cm³/mol. The van der Waals surface area contributed by atoms with E-state index in [0.29, 0.717) is 23.5 Å². The summed E-state index contributed by atoms with van der Waals surface area (Å²) in [7, 11) is 1.19. The van der Waals surface area contributed by atoms with Crippen LogP contribution >= 0.6 is 0 Å². The van der Waals surface area contributed by atoms with Crippen LogP contribution in [0.1, 0.15) is 75.4 Å². The second-order valence-electron chi connectivity index (χ2n) is 13.7. The van der Waals surface area contributed by atoms with E-state index in [1.165, 1.54) is 32.2 Å². The molecule has 0 saturated carbocycles. The topological polar surface area (TPSA) is 127 Å². The van der Waals surface area contributed by atoms with E-state index in [1.807, 2.05) is 0 Å². The molecule has 0 aliphatic rings. The number of methoxy groups -OCH3 is 1. The normalized spacial score (nSPS) is 12.2. The minimum absolute atomic E-state index is 0.121. The lowest BCUT2D eigenvalue weighted by Crippen LogP contribution is -2.46. The van der Waals surface area contributed by atoms with Crippen LogP contribution in [0.3, 0.4) is 0 Å². The van der Waals surface area contributed by atoms with Gasteiger partial charge in [-0.2, -0.15) is 13.2 Å². The number of hydrogen-bond acceptors (Lipinski definition) is 8. The Hall–Kier alpha value is -5.67. The lowest BCUT2D eigenvalue weighted by molar-refractivity contribution is -0.143. The van der Waals surface area contributed by atoms with Gasteiger partial charge in [0.2, 0.25) is 0 Å². The third-order valence-corrected chi connectivity index (χ3v) is 8.57. The molecule has 11 nitrogen and oxygen atoms in total. The zero-order valence-corrected chi connectivity index (χ0v) is 31.9. The number of ether oxygens (including phenoxy) is 4. The first-order valence-electron chi connectivity index (χ1n) is 17.8. The van der Waals surface area contributed by atoms with Gasteiger partial charge in [0.25, 0.3) is 5.56 Å². The molecule has 1 N–H and O–H groups in total. The predicted octanol–water partition coefficient (Wildman–Crippen LogP) is 7.72. The molecule has 302 valence electrons. The number of esters is 1. The number of unbranched alkanes of at least 4 members (excludes halogenated alkanes) is 1. The lowest BCUT2D eigenvalue weighted by atomic mass is 10.0. The number of carbonyl (C=O) groups is 2. The number of halogens is 5. The fourth-order valence-corrected chi connectivity index (χ4v) is 6.00. The highest BCUT2D eigenvalue weighted by Crippen LogP contribution is 2.35. The lowest BCUT2D eigenvalue weighted by Gasteiger charge is -2.26. The molecule has 0 fully saturated rings. The smallest absolute Gasteiger partial charge is 0.416 e. The zero-order chi connectivity index (χ0) is 41.4. The summed E-state index contributed by atoms with van der Waals surface area (Å²) < 4.78 is 96.4. The van der Waals surface area contributed by atoms with Crippen molar-refractivity contribution in [3.05, 3.63) is 116 Å². The second-order valence-corrected chi connectivity index (χ2v) is 13.7. The summed E-state index contributed by atoms with van der Waals surface area (Å²) in [5.41, 5.74) is -6.23. The van der Waals surface area contributed by atoms with Crippen molar-refractivity contribution in [1.29, 1.82) is 0 Å². The fraction of sp³-hybridized carbons (Fsp3) is 0.400. The van der Waals surface area contributed by atoms with E-state index in [4.69, 9.17) is 18.9 Å². The van der Waals surface area contributed by atoms with Gasteiger partial charge in [0, 0.05) is 28.8 Å². The largest absolute Gasteiger partial charge is 0.494 e. The van der Waals surface area contributed by atoms with Gasteiger partial charge in [-0.3, -0.25) is 18.7 Å². The van der Waals surface area contributed by atoms with E-state index >= 15 is 8.78 Å². The van der Waals surface area contributed by atoms with Crippen LogP contribution in [0.15, 0.2) is 70.3 Å². The molecule has 0 aliphatic heterocycles. The Bertz CT molecular complexity index is 2160. The highest BCUT2D eigenvalue weighted by atomic mass is 19.4. The number of benzene rings is 3. The zero-order valence-electron chi connectivity index (χ0n) is 31.9. The van der Waals surface area contributed by atoms with Gasteiger partial charge < -0.3 is 24.3 Å². The summed E-state index contributed by atoms with van der Waals surface area (Å²) in [6.45, 7) is 6.49. The first-order chi connectivity index (χ1) is 26.4.